The SMILES string of the molecule is Cc1cc(NC(=O)[C@@H](N)Cc2ccccc2)ncc1Br. The molecule has 0 bridgehead atoms. The lowest BCUT2D eigenvalue weighted by Crippen LogP contribution is -2.37. The first-order chi connectivity index (χ1) is 9.56. The molecule has 0 aliphatic carbocycles. The lowest BCUT2D eigenvalue weighted by Gasteiger charge is -2.12. The van der Waals surface area contributed by atoms with Crippen LogP contribution < -0.4 is 11.1 Å². The maximum absolute atomic E-state index is 12.0. The molecule has 1 amide bonds. The van der Waals surface area contributed by atoms with Crippen LogP contribution in [0.25, 0.3) is 0 Å². The summed E-state index contributed by atoms with van der Waals surface area (Å²) in [5.74, 6) is 0.280. The third-order valence-corrected chi connectivity index (χ3v) is 3.76. The van der Waals surface area contributed by atoms with Crippen molar-refractivity contribution >= 4 is 27.7 Å². The molecule has 1 atom stereocenters. The van der Waals surface area contributed by atoms with E-state index in [2.05, 4.69) is 26.2 Å². The lowest BCUT2D eigenvalue weighted by atomic mass is 10.1. The fraction of sp³-hybridized carbons (Fsp3) is 0.200. The molecule has 0 aliphatic heterocycles. The van der Waals surface area contributed by atoms with Crippen molar-refractivity contribution in [1.29, 1.82) is 0 Å². The van der Waals surface area contributed by atoms with Crippen LogP contribution in [0.1, 0.15) is 11.1 Å². The average Bonchev–Trinajstić information content (AvgIpc) is 2.44. The largest absolute Gasteiger partial charge is 0.320 e. The Balaban J connectivity index is 1.99. The van der Waals surface area contributed by atoms with Gasteiger partial charge < -0.3 is 11.1 Å². The predicted octanol–water partition coefficient (Wildman–Crippen LogP) is 2.66. The Labute approximate surface area is 126 Å². The smallest absolute Gasteiger partial charge is 0.242 e. The molecule has 104 valence electrons. The van der Waals surface area contributed by atoms with Crippen LogP contribution in [-0.2, 0) is 11.2 Å². The highest BCUT2D eigenvalue weighted by molar-refractivity contribution is 9.10. The first-order valence-corrected chi connectivity index (χ1v) is 7.08. The molecular formula is C15H16BrN3O. The standard InChI is InChI=1S/C15H16BrN3O/c1-10-7-14(18-9-12(10)16)19-15(20)13(17)8-11-5-3-2-4-6-11/h2-7,9,13H,8,17H2,1H3,(H,18,19,20)/t13-/m0/s1. The Morgan fingerprint density at radius 3 is 2.75 bits per heavy atom. The molecule has 2 rings (SSSR count). The molecule has 0 unspecified atom stereocenters. The van der Waals surface area contributed by atoms with Gasteiger partial charge in [0.1, 0.15) is 5.82 Å². The van der Waals surface area contributed by atoms with Crippen molar-refractivity contribution in [3.63, 3.8) is 0 Å². The number of rotatable bonds is 4. The van der Waals surface area contributed by atoms with E-state index in [-0.39, 0.29) is 5.91 Å². The van der Waals surface area contributed by atoms with E-state index in [9.17, 15) is 4.79 Å². The Bertz CT molecular complexity index is 601. The molecule has 0 spiro atoms. The Morgan fingerprint density at radius 2 is 2.10 bits per heavy atom. The van der Waals surface area contributed by atoms with Gasteiger partial charge in [0.25, 0.3) is 0 Å². The molecule has 4 nitrogen and oxygen atoms in total. The van der Waals surface area contributed by atoms with Gasteiger partial charge in [-0.05, 0) is 46.5 Å². The summed E-state index contributed by atoms with van der Waals surface area (Å²) in [7, 11) is 0. The molecule has 0 aliphatic rings. The first kappa shape index (κ1) is 14.7. The molecule has 0 radical (unpaired) electrons. The van der Waals surface area contributed by atoms with Gasteiger partial charge in [-0.25, -0.2) is 4.98 Å². The monoisotopic (exact) mass is 333 g/mol. The van der Waals surface area contributed by atoms with Crippen LogP contribution >= 0.6 is 15.9 Å². The molecule has 0 saturated heterocycles. The number of pyridine rings is 1. The van der Waals surface area contributed by atoms with Gasteiger partial charge >= 0.3 is 0 Å². The van der Waals surface area contributed by atoms with Crippen molar-refractivity contribution in [3.8, 4) is 0 Å². The van der Waals surface area contributed by atoms with Gasteiger partial charge in [-0.15, -0.1) is 0 Å². The second-order valence-electron chi connectivity index (χ2n) is 4.60. The zero-order chi connectivity index (χ0) is 14.5. The van der Waals surface area contributed by atoms with Gasteiger partial charge in [-0.3, -0.25) is 4.79 Å². The van der Waals surface area contributed by atoms with Crippen molar-refractivity contribution in [2.45, 2.75) is 19.4 Å². The summed E-state index contributed by atoms with van der Waals surface area (Å²) in [5.41, 5.74) is 7.96. The topological polar surface area (TPSA) is 68.0 Å². The Kier molecular flexibility index (Phi) is 4.87. The molecule has 0 saturated carbocycles. The van der Waals surface area contributed by atoms with E-state index in [0.29, 0.717) is 12.2 Å². The highest BCUT2D eigenvalue weighted by atomic mass is 79.9. The number of amides is 1. The summed E-state index contributed by atoms with van der Waals surface area (Å²) in [4.78, 5) is 16.2. The molecule has 3 N–H and O–H groups in total. The zero-order valence-corrected chi connectivity index (χ0v) is 12.7. The maximum atomic E-state index is 12.0. The average molecular weight is 334 g/mol. The van der Waals surface area contributed by atoms with Gasteiger partial charge in [-0.1, -0.05) is 30.3 Å². The molecule has 1 aromatic heterocycles. The second kappa shape index (κ2) is 6.63. The lowest BCUT2D eigenvalue weighted by molar-refractivity contribution is -0.117. The van der Waals surface area contributed by atoms with Crippen LogP contribution in [0.2, 0.25) is 0 Å². The highest BCUT2D eigenvalue weighted by Gasteiger charge is 2.14. The quantitative estimate of drug-likeness (QED) is 0.903. The zero-order valence-electron chi connectivity index (χ0n) is 11.1. The molecule has 2 aromatic rings. The predicted molar refractivity (Wildman–Crippen MR) is 83.4 cm³/mol. The van der Waals surface area contributed by atoms with Crippen molar-refractivity contribution in [3.05, 3.63) is 58.2 Å². The number of carbonyl (C=O) groups excluding carboxylic acids is 1. The van der Waals surface area contributed by atoms with E-state index in [1.807, 2.05) is 37.3 Å². The fourth-order valence-electron chi connectivity index (χ4n) is 1.79. The van der Waals surface area contributed by atoms with Crippen LogP contribution in [0.15, 0.2) is 47.1 Å². The number of nitrogens with two attached hydrogens (primary N) is 1. The van der Waals surface area contributed by atoms with Crippen LogP contribution in [0.3, 0.4) is 0 Å². The second-order valence-corrected chi connectivity index (χ2v) is 5.46. The Morgan fingerprint density at radius 1 is 1.40 bits per heavy atom. The van der Waals surface area contributed by atoms with E-state index in [0.717, 1.165) is 15.6 Å². The van der Waals surface area contributed by atoms with E-state index >= 15 is 0 Å². The summed E-state index contributed by atoms with van der Waals surface area (Å²) >= 11 is 3.37. The third kappa shape index (κ3) is 3.88. The molecule has 5 heteroatoms. The molecule has 20 heavy (non-hydrogen) atoms. The fourth-order valence-corrected chi connectivity index (χ4v) is 2.00. The summed E-state index contributed by atoms with van der Waals surface area (Å²) in [5, 5.41) is 2.73. The van der Waals surface area contributed by atoms with Crippen LogP contribution in [-0.4, -0.2) is 16.9 Å². The first-order valence-electron chi connectivity index (χ1n) is 6.29. The summed E-state index contributed by atoms with van der Waals surface area (Å²) in [6.07, 6.45) is 2.16. The molecule has 0 fully saturated rings. The van der Waals surface area contributed by atoms with Crippen molar-refractivity contribution in [1.82, 2.24) is 4.98 Å². The Hall–Kier alpha value is -1.72. The minimum atomic E-state index is -0.594. The normalized spacial score (nSPS) is 11.9. The van der Waals surface area contributed by atoms with Crippen LogP contribution in [0.5, 0.6) is 0 Å². The van der Waals surface area contributed by atoms with Gasteiger partial charge in [0.15, 0.2) is 0 Å². The number of hydrogen-bond donors (Lipinski definition) is 2. The maximum Gasteiger partial charge on any atom is 0.242 e. The minimum absolute atomic E-state index is 0.233. The van der Waals surface area contributed by atoms with Gasteiger partial charge in [-0.2, -0.15) is 0 Å². The van der Waals surface area contributed by atoms with E-state index in [4.69, 9.17) is 5.73 Å². The summed E-state index contributed by atoms with van der Waals surface area (Å²) < 4.78 is 0.907. The summed E-state index contributed by atoms with van der Waals surface area (Å²) in [6.45, 7) is 1.94. The molecule has 1 heterocycles. The van der Waals surface area contributed by atoms with Gasteiger partial charge in [0, 0.05) is 10.7 Å². The highest BCUT2D eigenvalue weighted by Crippen LogP contribution is 2.17. The van der Waals surface area contributed by atoms with E-state index < -0.39 is 6.04 Å². The van der Waals surface area contributed by atoms with Gasteiger partial charge in [0.2, 0.25) is 5.91 Å². The van der Waals surface area contributed by atoms with Crippen LogP contribution in [0.4, 0.5) is 5.82 Å². The number of benzene rings is 1. The van der Waals surface area contributed by atoms with Gasteiger partial charge in [0.05, 0.1) is 6.04 Å². The number of halogens is 1. The third-order valence-electron chi connectivity index (χ3n) is 2.93. The number of nitrogens with zero attached hydrogens (tertiary/aromatic N) is 1. The number of anilines is 1. The number of aromatic nitrogens is 1. The van der Waals surface area contributed by atoms with E-state index in [1.54, 1.807) is 12.3 Å². The number of nitrogens with one attached hydrogen (secondary N) is 1. The van der Waals surface area contributed by atoms with Crippen molar-refractivity contribution in [2.24, 2.45) is 5.73 Å². The minimum Gasteiger partial charge on any atom is -0.320 e. The van der Waals surface area contributed by atoms with E-state index in [1.165, 1.54) is 0 Å². The van der Waals surface area contributed by atoms with Crippen molar-refractivity contribution in [2.75, 3.05) is 5.32 Å². The number of aryl methyl sites for hydroxylation is 1. The van der Waals surface area contributed by atoms with Crippen LogP contribution in [0, 0.1) is 6.92 Å². The number of carbonyl (C=O) groups is 1. The molecular weight excluding hydrogens is 318 g/mol. The number of hydrogen-bond acceptors (Lipinski definition) is 3. The van der Waals surface area contributed by atoms with Crippen molar-refractivity contribution < 1.29 is 4.79 Å². The molecule has 1 aromatic carbocycles. The summed E-state index contributed by atoms with van der Waals surface area (Å²) in [6, 6.07) is 10.9.